The third-order valence-corrected chi connectivity index (χ3v) is 5.68. The Bertz CT molecular complexity index is 686. The monoisotopic (exact) mass is 423 g/mol. The molecule has 2 fully saturated rings. The van der Waals surface area contributed by atoms with Crippen LogP contribution in [0.5, 0.6) is 11.5 Å². The zero-order valence-corrected chi connectivity index (χ0v) is 18.0. The van der Waals surface area contributed by atoms with Gasteiger partial charge < -0.3 is 24.6 Å². The summed E-state index contributed by atoms with van der Waals surface area (Å²) in [5, 5.41) is 14.8. The number of piperidine rings is 1. The lowest BCUT2D eigenvalue weighted by Gasteiger charge is -2.42. The Morgan fingerprint density at radius 3 is 2.07 bits per heavy atom. The van der Waals surface area contributed by atoms with E-state index in [4.69, 9.17) is 29.3 Å². The quantitative estimate of drug-likeness (QED) is 0.673. The van der Waals surface area contributed by atoms with Gasteiger partial charge in [0.05, 0.1) is 14.2 Å². The second-order valence-corrected chi connectivity index (χ2v) is 7.63. The molecule has 0 spiro atoms. The minimum absolute atomic E-state index is 0.771. The molecule has 9 heteroatoms. The summed E-state index contributed by atoms with van der Waals surface area (Å²) in [7, 11) is 5.65. The average Bonchev–Trinajstić information content (AvgIpc) is 2.75. The fourth-order valence-electron chi connectivity index (χ4n) is 3.85. The summed E-state index contributed by atoms with van der Waals surface area (Å²) in [5.41, 5.74) is 1.25. The van der Waals surface area contributed by atoms with Gasteiger partial charge in [-0.3, -0.25) is 9.80 Å². The van der Waals surface area contributed by atoms with Gasteiger partial charge in [-0.2, -0.15) is 0 Å². The van der Waals surface area contributed by atoms with Crippen molar-refractivity contribution in [3.8, 4) is 11.5 Å². The zero-order chi connectivity index (χ0) is 22.1. The van der Waals surface area contributed by atoms with Crippen molar-refractivity contribution >= 4 is 11.9 Å². The maximum absolute atomic E-state index is 9.10. The number of likely N-dealkylation sites (N-methyl/N-ethyl adjacent to an activating group) is 1. The highest BCUT2D eigenvalue weighted by Crippen LogP contribution is 2.27. The minimum atomic E-state index is -1.82. The Morgan fingerprint density at radius 1 is 0.967 bits per heavy atom. The number of hydrogen-bond donors (Lipinski definition) is 2. The number of methoxy groups -OCH3 is 2. The fourth-order valence-corrected chi connectivity index (χ4v) is 3.85. The Balaban J connectivity index is 0.000000469. The number of hydrogen-bond acceptors (Lipinski definition) is 7. The van der Waals surface area contributed by atoms with E-state index in [0.717, 1.165) is 24.1 Å². The molecular formula is C21H33N3O6. The van der Waals surface area contributed by atoms with Crippen LogP contribution >= 0.6 is 0 Å². The highest BCUT2D eigenvalue weighted by atomic mass is 16.5. The molecule has 0 aromatic heterocycles. The lowest BCUT2D eigenvalue weighted by Crippen LogP contribution is -2.52. The van der Waals surface area contributed by atoms with Crippen LogP contribution in [0.3, 0.4) is 0 Å². The van der Waals surface area contributed by atoms with Crippen LogP contribution in [0.25, 0.3) is 0 Å². The fraction of sp³-hybridized carbons (Fsp3) is 0.619. The predicted molar refractivity (Wildman–Crippen MR) is 112 cm³/mol. The molecule has 0 saturated carbocycles. The van der Waals surface area contributed by atoms with Gasteiger partial charge in [0.1, 0.15) is 11.5 Å². The van der Waals surface area contributed by atoms with Crippen molar-refractivity contribution in [1.29, 1.82) is 0 Å². The third kappa shape index (κ3) is 7.16. The van der Waals surface area contributed by atoms with Gasteiger partial charge in [-0.05, 0) is 39.0 Å². The topological polar surface area (TPSA) is 103 Å². The van der Waals surface area contributed by atoms with Crippen LogP contribution in [0, 0.1) is 0 Å². The van der Waals surface area contributed by atoms with E-state index in [0.29, 0.717) is 0 Å². The Morgan fingerprint density at radius 2 is 1.57 bits per heavy atom. The molecule has 1 aromatic rings. The van der Waals surface area contributed by atoms with Crippen LogP contribution in [0.2, 0.25) is 0 Å². The molecule has 0 bridgehead atoms. The maximum atomic E-state index is 9.10. The van der Waals surface area contributed by atoms with Gasteiger partial charge in [0, 0.05) is 50.4 Å². The number of carboxylic acid groups (broad SMARTS) is 2. The summed E-state index contributed by atoms with van der Waals surface area (Å²) in [4.78, 5) is 25.9. The van der Waals surface area contributed by atoms with Crippen LogP contribution in [0.4, 0.5) is 0 Å². The standard InChI is InChI=1S/C19H31N3O2.C2H2O4/c1-20-10-12-22(13-11-20)17-6-8-21(9-7-17)15-16-4-5-18(23-2)14-19(16)24-3;3-1(4)2(5)6/h4-5,14,17H,6-13,15H2,1-3H3;(H,3,4)(H,5,6). The molecule has 0 aliphatic carbocycles. The number of rotatable bonds is 5. The molecular weight excluding hydrogens is 390 g/mol. The summed E-state index contributed by atoms with van der Waals surface area (Å²) in [5.74, 6) is -1.87. The number of carbonyl (C=O) groups is 2. The summed E-state index contributed by atoms with van der Waals surface area (Å²) in [6.07, 6.45) is 2.56. The van der Waals surface area contributed by atoms with Crippen molar-refractivity contribution in [1.82, 2.24) is 14.7 Å². The molecule has 9 nitrogen and oxygen atoms in total. The molecule has 0 amide bonds. The molecule has 3 rings (SSSR count). The number of piperazine rings is 1. The van der Waals surface area contributed by atoms with Gasteiger partial charge in [-0.25, -0.2) is 9.59 Å². The van der Waals surface area contributed by atoms with E-state index in [1.54, 1.807) is 14.2 Å². The van der Waals surface area contributed by atoms with Crippen LogP contribution < -0.4 is 9.47 Å². The second-order valence-electron chi connectivity index (χ2n) is 7.63. The van der Waals surface area contributed by atoms with Crippen molar-refractivity contribution < 1.29 is 29.3 Å². The van der Waals surface area contributed by atoms with E-state index in [1.807, 2.05) is 12.1 Å². The molecule has 1 aromatic carbocycles. The summed E-state index contributed by atoms with van der Waals surface area (Å²) in [6.45, 7) is 8.19. The Labute approximate surface area is 177 Å². The van der Waals surface area contributed by atoms with Crippen molar-refractivity contribution in [2.75, 3.05) is 60.5 Å². The normalized spacial score (nSPS) is 18.9. The van der Waals surface area contributed by atoms with Gasteiger partial charge in [0.25, 0.3) is 0 Å². The van der Waals surface area contributed by atoms with E-state index in [-0.39, 0.29) is 0 Å². The van der Waals surface area contributed by atoms with E-state index in [2.05, 4.69) is 27.8 Å². The molecule has 2 aliphatic rings. The van der Waals surface area contributed by atoms with E-state index < -0.39 is 11.9 Å². The smallest absolute Gasteiger partial charge is 0.414 e. The van der Waals surface area contributed by atoms with Crippen LogP contribution in [0.15, 0.2) is 18.2 Å². The molecule has 0 radical (unpaired) electrons. The lowest BCUT2D eigenvalue weighted by atomic mass is 10.0. The first-order valence-corrected chi connectivity index (χ1v) is 10.2. The van der Waals surface area contributed by atoms with Crippen LogP contribution in [-0.4, -0.2) is 103 Å². The summed E-state index contributed by atoms with van der Waals surface area (Å²) < 4.78 is 10.8. The SMILES string of the molecule is COc1ccc(CN2CCC(N3CCN(C)CC3)CC2)c(OC)c1.O=C(O)C(=O)O. The number of likely N-dealkylation sites (tertiary alicyclic amines) is 1. The molecule has 2 saturated heterocycles. The number of benzene rings is 1. The van der Waals surface area contributed by atoms with Gasteiger partial charge in [-0.1, -0.05) is 6.07 Å². The Hall–Kier alpha value is -2.36. The largest absolute Gasteiger partial charge is 0.497 e. The molecule has 2 N–H and O–H groups in total. The first-order chi connectivity index (χ1) is 14.3. The van der Waals surface area contributed by atoms with Gasteiger partial charge in [0.2, 0.25) is 0 Å². The highest BCUT2D eigenvalue weighted by molar-refractivity contribution is 6.27. The van der Waals surface area contributed by atoms with Crippen molar-refractivity contribution in [2.24, 2.45) is 0 Å². The maximum Gasteiger partial charge on any atom is 0.414 e. The molecule has 168 valence electrons. The van der Waals surface area contributed by atoms with Gasteiger partial charge in [-0.15, -0.1) is 0 Å². The lowest BCUT2D eigenvalue weighted by molar-refractivity contribution is -0.159. The number of carboxylic acids is 2. The van der Waals surface area contributed by atoms with E-state index >= 15 is 0 Å². The van der Waals surface area contributed by atoms with Crippen molar-refractivity contribution in [3.63, 3.8) is 0 Å². The third-order valence-electron chi connectivity index (χ3n) is 5.68. The van der Waals surface area contributed by atoms with Crippen LogP contribution in [0.1, 0.15) is 18.4 Å². The van der Waals surface area contributed by atoms with Gasteiger partial charge in [0.15, 0.2) is 0 Å². The predicted octanol–water partition coefficient (Wildman–Crippen LogP) is 1.07. The summed E-state index contributed by atoms with van der Waals surface area (Å²) in [6, 6.07) is 6.90. The molecule has 30 heavy (non-hydrogen) atoms. The minimum Gasteiger partial charge on any atom is -0.497 e. The van der Waals surface area contributed by atoms with E-state index in [9.17, 15) is 0 Å². The first-order valence-electron chi connectivity index (χ1n) is 10.2. The highest BCUT2D eigenvalue weighted by Gasteiger charge is 2.26. The van der Waals surface area contributed by atoms with Crippen LogP contribution in [-0.2, 0) is 16.1 Å². The molecule has 0 atom stereocenters. The van der Waals surface area contributed by atoms with E-state index in [1.165, 1.54) is 57.7 Å². The molecule has 0 unspecified atom stereocenters. The zero-order valence-electron chi connectivity index (χ0n) is 18.0. The molecule has 2 heterocycles. The second kappa shape index (κ2) is 11.7. The Kier molecular flexibility index (Phi) is 9.35. The van der Waals surface area contributed by atoms with Gasteiger partial charge >= 0.3 is 11.9 Å². The number of ether oxygens (including phenoxy) is 2. The average molecular weight is 424 g/mol. The number of nitrogens with zero attached hydrogens (tertiary/aromatic N) is 3. The van der Waals surface area contributed by atoms with Crippen molar-refractivity contribution in [2.45, 2.75) is 25.4 Å². The van der Waals surface area contributed by atoms with Crippen molar-refractivity contribution in [3.05, 3.63) is 23.8 Å². The first kappa shape index (κ1) is 23.9. The molecule has 2 aliphatic heterocycles. The number of aliphatic carboxylic acids is 2. The summed E-state index contributed by atoms with van der Waals surface area (Å²) >= 11 is 0.